The van der Waals surface area contributed by atoms with Crippen LogP contribution in [0.4, 0.5) is 4.39 Å². The molecular weight excluding hydrogens is 395 g/mol. The zero-order chi connectivity index (χ0) is 23.7. The number of allylic oxidation sites excluding steroid dienone is 7. The molecule has 0 aromatic heterocycles. The highest BCUT2D eigenvalue weighted by molar-refractivity contribution is 6.07. The molecule has 2 heteroatoms. The average molecular weight is 431 g/mol. The Hall–Kier alpha value is -3.00. The number of rotatable bonds is 10. The van der Waals surface area contributed by atoms with Crippen LogP contribution in [0.3, 0.4) is 0 Å². The lowest BCUT2D eigenvalue weighted by Crippen LogP contribution is -2.10. The summed E-state index contributed by atoms with van der Waals surface area (Å²) in [4.78, 5) is 13.4. The largest absolute Gasteiger partial charge is 0.295 e. The number of halogens is 1. The number of benzene rings is 2. The van der Waals surface area contributed by atoms with Crippen molar-refractivity contribution in [2.75, 3.05) is 0 Å². The molecule has 0 N–H and O–H groups in total. The van der Waals surface area contributed by atoms with Crippen LogP contribution in [-0.4, -0.2) is 5.78 Å². The Labute approximate surface area is 193 Å². The van der Waals surface area contributed by atoms with Gasteiger partial charge >= 0.3 is 0 Å². The van der Waals surface area contributed by atoms with Crippen LogP contribution in [-0.2, 0) is 11.2 Å². The van der Waals surface area contributed by atoms with E-state index in [-0.39, 0.29) is 11.6 Å². The fourth-order valence-corrected chi connectivity index (χ4v) is 3.85. The number of hydrogen-bond acceptors (Lipinski definition) is 1. The van der Waals surface area contributed by atoms with E-state index in [1.54, 1.807) is 12.1 Å². The number of Topliss-reactive ketones (excluding diaryl/α,β-unsaturated/α-hetero) is 1. The average Bonchev–Trinajstić information content (AvgIpc) is 2.75. The van der Waals surface area contributed by atoms with Crippen molar-refractivity contribution >= 4 is 11.4 Å². The van der Waals surface area contributed by atoms with Crippen LogP contribution in [0.1, 0.15) is 62.3 Å². The van der Waals surface area contributed by atoms with E-state index in [1.807, 2.05) is 45.1 Å². The lowest BCUT2D eigenvalue weighted by atomic mass is 9.82. The molecule has 0 heterocycles. The molecule has 0 amide bonds. The minimum atomic E-state index is -0.229. The molecule has 0 aliphatic carbocycles. The molecule has 0 aliphatic rings. The van der Waals surface area contributed by atoms with Gasteiger partial charge in [0, 0.05) is 12.0 Å². The number of carbonyl (C=O) groups excluding carboxylic acids is 1. The Balaban J connectivity index is 2.81. The van der Waals surface area contributed by atoms with Gasteiger partial charge in [-0.25, -0.2) is 4.39 Å². The van der Waals surface area contributed by atoms with Gasteiger partial charge in [-0.3, -0.25) is 4.79 Å². The first-order valence-electron chi connectivity index (χ1n) is 11.4. The summed E-state index contributed by atoms with van der Waals surface area (Å²) < 4.78 is 14.3. The molecule has 2 aromatic rings. The van der Waals surface area contributed by atoms with Crippen LogP contribution < -0.4 is 0 Å². The topological polar surface area (TPSA) is 17.1 Å². The second-order valence-corrected chi connectivity index (χ2v) is 8.32. The van der Waals surface area contributed by atoms with Gasteiger partial charge in [-0.1, -0.05) is 79.3 Å². The summed E-state index contributed by atoms with van der Waals surface area (Å²) >= 11 is 0. The van der Waals surface area contributed by atoms with E-state index in [9.17, 15) is 9.18 Å². The van der Waals surface area contributed by atoms with Crippen molar-refractivity contribution in [3.05, 3.63) is 112 Å². The number of carbonyl (C=O) groups is 1. The molecule has 0 aliphatic heterocycles. The van der Waals surface area contributed by atoms with E-state index in [4.69, 9.17) is 0 Å². The highest BCUT2D eigenvalue weighted by Crippen LogP contribution is 2.36. The first-order chi connectivity index (χ1) is 15.3. The van der Waals surface area contributed by atoms with Gasteiger partial charge in [-0.05, 0) is 80.9 Å². The molecule has 0 spiro atoms. The van der Waals surface area contributed by atoms with E-state index >= 15 is 0 Å². The Bertz CT molecular complexity index is 1070. The predicted octanol–water partition coefficient (Wildman–Crippen LogP) is 8.28. The molecule has 2 aromatic carbocycles. The summed E-state index contributed by atoms with van der Waals surface area (Å²) in [5.74, 6) is -0.111. The van der Waals surface area contributed by atoms with Crippen LogP contribution in [0.25, 0.3) is 5.57 Å². The molecule has 0 radical (unpaired) electrons. The Morgan fingerprint density at radius 3 is 2.44 bits per heavy atom. The molecule has 0 bridgehead atoms. The third kappa shape index (κ3) is 6.50. The van der Waals surface area contributed by atoms with Crippen molar-refractivity contribution in [1.82, 2.24) is 0 Å². The maximum absolute atomic E-state index is 14.3. The fraction of sp³-hybridized carbons (Fsp3) is 0.300. The minimum absolute atomic E-state index is 0.118. The van der Waals surface area contributed by atoms with E-state index in [2.05, 4.69) is 38.6 Å². The summed E-state index contributed by atoms with van der Waals surface area (Å²) in [6, 6.07) is 13.1. The fourth-order valence-electron chi connectivity index (χ4n) is 3.85. The standard InChI is InChI=1S/C30H35FO/c1-7-9-14-25(21(3)4)30(27-20-22(5)16-17-23(27)6)26(29(32)12-8-2)19-18-24-13-10-11-15-28(24)31/h7,9-11,13-17,20H,3,8,12,18-19H2,1-2,4-6H3/b9-7-,25-14+,30-26+. The SMILES string of the molecule is C=C(C)C(=C\C=C/C)/C(=C(/CCc1ccccc1F)C(=O)CCC)c1cc(C)ccc1C. The van der Waals surface area contributed by atoms with Gasteiger partial charge in [0.05, 0.1) is 0 Å². The van der Waals surface area contributed by atoms with Crippen molar-refractivity contribution in [2.24, 2.45) is 0 Å². The third-order valence-corrected chi connectivity index (χ3v) is 5.56. The normalized spacial score (nSPS) is 12.8. The summed E-state index contributed by atoms with van der Waals surface area (Å²) in [5, 5.41) is 0. The van der Waals surface area contributed by atoms with E-state index in [0.29, 0.717) is 24.8 Å². The van der Waals surface area contributed by atoms with Crippen molar-refractivity contribution in [2.45, 2.75) is 60.3 Å². The summed E-state index contributed by atoms with van der Waals surface area (Å²) in [5.41, 5.74) is 7.42. The first kappa shape index (κ1) is 25.3. The third-order valence-electron chi connectivity index (χ3n) is 5.56. The lowest BCUT2D eigenvalue weighted by molar-refractivity contribution is -0.115. The summed E-state index contributed by atoms with van der Waals surface area (Å²) in [6.45, 7) is 14.3. The Kier molecular flexibility index (Phi) is 9.59. The highest BCUT2D eigenvalue weighted by Gasteiger charge is 2.21. The quantitative estimate of drug-likeness (QED) is 0.274. The Morgan fingerprint density at radius 2 is 1.81 bits per heavy atom. The molecule has 0 saturated carbocycles. The van der Waals surface area contributed by atoms with Crippen molar-refractivity contribution in [3.63, 3.8) is 0 Å². The predicted molar refractivity (Wildman–Crippen MR) is 135 cm³/mol. The maximum Gasteiger partial charge on any atom is 0.159 e. The van der Waals surface area contributed by atoms with Gasteiger partial charge in [0.25, 0.3) is 0 Å². The molecule has 168 valence electrons. The molecule has 0 saturated heterocycles. The van der Waals surface area contributed by atoms with Crippen LogP contribution in [0.5, 0.6) is 0 Å². The molecule has 1 nitrogen and oxygen atoms in total. The second kappa shape index (κ2) is 12.1. The minimum Gasteiger partial charge on any atom is -0.295 e. The zero-order valence-corrected chi connectivity index (χ0v) is 20.1. The van der Waals surface area contributed by atoms with Crippen LogP contribution in [0.2, 0.25) is 0 Å². The van der Waals surface area contributed by atoms with Gasteiger partial charge < -0.3 is 0 Å². The number of hydrogen-bond donors (Lipinski definition) is 0. The molecule has 0 atom stereocenters. The van der Waals surface area contributed by atoms with Crippen molar-refractivity contribution in [1.29, 1.82) is 0 Å². The van der Waals surface area contributed by atoms with Gasteiger partial charge in [0.1, 0.15) is 5.82 Å². The van der Waals surface area contributed by atoms with Crippen LogP contribution in [0.15, 0.2) is 84.0 Å². The monoisotopic (exact) mass is 430 g/mol. The van der Waals surface area contributed by atoms with Crippen molar-refractivity contribution in [3.8, 4) is 0 Å². The van der Waals surface area contributed by atoms with E-state index in [0.717, 1.165) is 45.4 Å². The first-order valence-corrected chi connectivity index (χ1v) is 11.4. The van der Waals surface area contributed by atoms with Crippen LogP contribution in [0, 0.1) is 19.7 Å². The van der Waals surface area contributed by atoms with E-state index in [1.165, 1.54) is 6.07 Å². The Morgan fingerprint density at radius 1 is 1.09 bits per heavy atom. The van der Waals surface area contributed by atoms with Gasteiger partial charge in [-0.2, -0.15) is 0 Å². The summed E-state index contributed by atoms with van der Waals surface area (Å²) in [7, 11) is 0. The number of ketones is 1. The smallest absolute Gasteiger partial charge is 0.159 e. The number of aryl methyl sites for hydroxylation is 3. The van der Waals surface area contributed by atoms with Gasteiger partial charge in [-0.15, -0.1) is 0 Å². The molecule has 32 heavy (non-hydrogen) atoms. The molecule has 2 rings (SSSR count). The summed E-state index contributed by atoms with van der Waals surface area (Å²) in [6.07, 6.45) is 8.16. The van der Waals surface area contributed by atoms with E-state index < -0.39 is 0 Å². The van der Waals surface area contributed by atoms with Gasteiger partial charge in [0.2, 0.25) is 0 Å². The maximum atomic E-state index is 14.3. The second-order valence-electron chi connectivity index (χ2n) is 8.32. The molecular formula is C30H35FO. The molecule has 0 unspecified atom stereocenters. The van der Waals surface area contributed by atoms with Crippen LogP contribution >= 0.6 is 0 Å². The van der Waals surface area contributed by atoms with Crippen molar-refractivity contribution < 1.29 is 9.18 Å². The zero-order valence-electron chi connectivity index (χ0n) is 20.1. The lowest BCUT2D eigenvalue weighted by Gasteiger charge is -2.21. The van der Waals surface area contributed by atoms with Gasteiger partial charge in [0.15, 0.2) is 5.78 Å². The highest BCUT2D eigenvalue weighted by atomic mass is 19.1. The molecule has 0 fully saturated rings.